The number of sulfonamides is 1. The van der Waals surface area contributed by atoms with Gasteiger partial charge < -0.3 is 5.32 Å². The molecule has 9 nitrogen and oxygen atoms in total. The Morgan fingerprint density at radius 2 is 1.79 bits per heavy atom. The summed E-state index contributed by atoms with van der Waals surface area (Å²) in [6.45, 7) is 1.49. The van der Waals surface area contributed by atoms with Crippen molar-refractivity contribution in [2.24, 2.45) is 0 Å². The van der Waals surface area contributed by atoms with Gasteiger partial charge in [0, 0.05) is 3.57 Å². The van der Waals surface area contributed by atoms with Crippen molar-refractivity contribution in [2.45, 2.75) is 30.3 Å². The van der Waals surface area contributed by atoms with Crippen molar-refractivity contribution in [2.75, 3.05) is 5.32 Å². The van der Waals surface area contributed by atoms with E-state index in [-0.39, 0.29) is 16.4 Å². The van der Waals surface area contributed by atoms with Gasteiger partial charge in [-0.1, -0.05) is 41.7 Å². The first kappa shape index (κ1) is 25.4. The number of carbonyl (C=O) groups excluding carboxylic acids is 2. The average Bonchev–Trinajstić information content (AvgIpc) is 3.18. The molecule has 13 heteroatoms. The van der Waals surface area contributed by atoms with Gasteiger partial charge in [0.2, 0.25) is 27.0 Å². The molecule has 2 aromatic carbocycles. The Morgan fingerprint density at radius 3 is 2.39 bits per heavy atom. The molecule has 0 bridgehead atoms. The van der Waals surface area contributed by atoms with E-state index in [0.717, 1.165) is 20.5 Å². The van der Waals surface area contributed by atoms with Crippen molar-refractivity contribution in [1.29, 1.82) is 0 Å². The van der Waals surface area contributed by atoms with Gasteiger partial charge in [-0.3, -0.25) is 20.0 Å². The summed E-state index contributed by atoms with van der Waals surface area (Å²) in [5, 5.41) is 11.8. The number of benzene rings is 2. The predicted molar refractivity (Wildman–Crippen MR) is 137 cm³/mol. The number of hydrogen-bond donors (Lipinski definition) is 4. The summed E-state index contributed by atoms with van der Waals surface area (Å²) >= 11 is 8.08. The van der Waals surface area contributed by atoms with Gasteiger partial charge >= 0.3 is 0 Å². The molecule has 0 unspecified atom stereocenters. The van der Waals surface area contributed by atoms with Crippen molar-refractivity contribution in [1.82, 2.24) is 20.2 Å². The van der Waals surface area contributed by atoms with Crippen LogP contribution in [0.3, 0.4) is 0 Å². The molecule has 3 rings (SSSR count). The minimum atomic E-state index is -3.98. The van der Waals surface area contributed by atoms with Crippen molar-refractivity contribution in [3.63, 3.8) is 0 Å². The first-order chi connectivity index (χ1) is 15.6. The number of rotatable bonds is 9. The number of nitrogens with zero attached hydrogens (tertiary/aromatic N) is 1. The standard InChI is InChI=1S/C20H20IN5O4S3/c1-12(17(27)23-19-24-25-20(31)32-19)22-18(28)16(11-13-5-3-2-4-6-13)26-33(29,30)15-9-7-14(21)8-10-15/h2-10,12,16,26H,11H2,1H3,(H,22,28)(H,25,31)(H,23,24,27)/t12-,16-/m0/s1. The molecule has 174 valence electrons. The van der Waals surface area contributed by atoms with Gasteiger partial charge in [-0.2, -0.15) is 4.72 Å². The number of aromatic nitrogens is 2. The number of nitrogens with one attached hydrogen (secondary N) is 4. The van der Waals surface area contributed by atoms with Crippen molar-refractivity contribution in [3.05, 3.63) is 67.7 Å². The minimum absolute atomic E-state index is 0.0410. The maximum absolute atomic E-state index is 13.0. The second-order valence-electron chi connectivity index (χ2n) is 6.96. The third kappa shape index (κ3) is 7.40. The SMILES string of the molecule is C[C@H](NC(=O)[C@H](Cc1ccccc1)NS(=O)(=O)c1ccc(I)cc1)C(=O)Nc1n[nH]c(=S)s1. The van der Waals surface area contributed by atoms with E-state index in [1.165, 1.54) is 19.1 Å². The molecule has 0 aliphatic carbocycles. The predicted octanol–water partition coefficient (Wildman–Crippen LogP) is 2.84. The van der Waals surface area contributed by atoms with E-state index < -0.39 is 33.9 Å². The molecule has 0 fully saturated rings. The number of hydrogen-bond acceptors (Lipinski definition) is 7. The van der Waals surface area contributed by atoms with Crippen LogP contribution < -0.4 is 15.4 Å². The van der Waals surface area contributed by atoms with Crippen LogP contribution in [0.25, 0.3) is 0 Å². The molecule has 0 spiro atoms. The smallest absolute Gasteiger partial charge is 0.248 e. The van der Waals surface area contributed by atoms with E-state index in [1.54, 1.807) is 36.4 Å². The van der Waals surface area contributed by atoms with Crippen LogP contribution in [0.4, 0.5) is 5.13 Å². The monoisotopic (exact) mass is 617 g/mol. The van der Waals surface area contributed by atoms with E-state index in [2.05, 4.69) is 48.1 Å². The van der Waals surface area contributed by atoms with Crippen LogP contribution in [-0.4, -0.2) is 42.5 Å². The maximum Gasteiger partial charge on any atom is 0.248 e. The van der Waals surface area contributed by atoms with Gasteiger partial charge in [0.05, 0.1) is 4.90 Å². The number of carbonyl (C=O) groups is 2. The summed E-state index contributed by atoms with van der Waals surface area (Å²) in [6.07, 6.45) is 0.103. The molecule has 1 heterocycles. The molecule has 3 aromatic rings. The Hall–Kier alpha value is -2.20. The Balaban J connectivity index is 1.76. The molecule has 1 aromatic heterocycles. The fourth-order valence-electron chi connectivity index (χ4n) is 2.78. The Bertz CT molecular complexity index is 1280. The number of amides is 2. The van der Waals surface area contributed by atoms with Crippen molar-refractivity contribution >= 4 is 73.1 Å². The summed E-state index contributed by atoms with van der Waals surface area (Å²) in [6, 6.07) is 13.2. The molecule has 2 atom stereocenters. The number of halogens is 1. The quantitative estimate of drug-likeness (QED) is 0.216. The Morgan fingerprint density at radius 1 is 1.12 bits per heavy atom. The van der Waals surface area contributed by atoms with Gasteiger partial charge in [-0.15, -0.1) is 5.10 Å². The van der Waals surface area contributed by atoms with Gasteiger partial charge in [-0.05, 0) is 78.0 Å². The molecular formula is C20H20IN5O4S3. The fraction of sp³-hybridized carbons (Fsp3) is 0.200. The first-order valence-corrected chi connectivity index (χ1v) is 13.4. The van der Waals surface area contributed by atoms with Gasteiger partial charge in [0.15, 0.2) is 3.95 Å². The largest absolute Gasteiger partial charge is 0.343 e. The van der Waals surface area contributed by atoms with E-state index in [0.29, 0.717) is 3.95 Å². The van der Waals surface area contributed by atoms with Crippen LogP contribution in [0, 0.1) is 7.52 Å². The molecule has 2 amide bonds. The number of H-pyrrole nitrogens is 1. The highest BCUT2D eigenvalue weighted by molar-refractivity contribution is 14.1. The highest BCUT2D eigenvalue weighted by Gasteiger charge is 2.28. The normalized spacial score (nSPS) is 13.2. The second kappa shape index (κ2) is 11.3. The topological polar surface area (TPSA) is 133 Å². The summed E-state index contributed by atoms with van der Waals surface area (Å²) in [7, 11) is -3.98. The maximum atomic E-state index is 13.0. The fourth-order valence-corrected chi connectivity index (χ4v) is 5.13. The highest BCUT2D eigenvalue weighted by atomic mass is 127. The van der Waals surface area contributed by atoms with Crippen LogP contribution in [-0.2, 0) is 26.0 Å². The average molecular weight is 618 g/mol. The Kier molecular flexibility index (Phi) is 8.69. The summed E-state index contributed by atoms with van der Waals surface area (Å²) < 4.78 is 29.6. The molecule has 33 heavy (non-hydrogen) atoms. The molecule has 0 aliphatic rings. The minimum Gasteiger partial charge on any atom is -0.343 e. The first-order valence-electron chi connectivity index (χ1n) is 9.62. The lowest BCUT2D eigenvalue weighted by molar-refractivity contribution is -0.127. The van der Waals surface area contributed by atoms with Gasteiger partial charge in [0.25, 0.3) is 0 Å². The molecule has 0 saturated heterocycles. The molecular weight excluding hydrogens is 597 g/mol. The molecule has 0 saturated carbocycles. The van der Waals surface area contributed by atoms with Gasteiger partial charge in [-0.25, -0.2) is 8.42 Å². The lowest BCUT2D eigenvalue weighted by atomic mass is 10.1. The van der Waals surface area contributed by atoms with Gasteiger partial charge in [0.1, 0.15) is 12.1 Å². The molecule has 0 aliphatic heterocycles. The van der Waals surface area contributed by atoms with Crippen LogP contribution >= 0.6 is 46.1 Å². The van der Waals surface area contributed by atoms with E-state index in [1.807, 2.05) is 6.07 Å². The van der Waals surface area contributed by atoms with Crippen molar-refractivity contribution in [3.8, 4) is 0 Å². The lowest BCUT2D eigenvalue weighted by Gasteiger charge is -2.21. The van der Waals surface area contributed by atoms with Crippen LogP contribution in [0.15, 0.2) is 59.5 Å². The lowest BCUT2D eigenvalue weighted by Crippen LogP contribution is -2.52. The van der Waals surface area contributed by atoms with Crippen LogP contribution in [0.5, 0.6) is 0 Å². The van der Waals surface area contributed by atoms with Crippen molar-refractivity contribution < 1.29 is 18.0 Å². The molecule has 0 radical (unpaired) electrons. The summed E-state index contributed by atoms with van der Waals surface area (Å²) in [5.41, 5.74) is 0.761. The summed E-state index contributed by atoms with van der Waals surface area (Å²) in [5.74, 6) is -1.15. The number of aromatic amines is 1. The van der Waals surface area contributed by atoms with E-state index in [9.17, 15) is 18.0 Å². The Labute approximate surface area is 213 Å². The molecule has 4 N–H and O–H groups in total. The van der Waals surface area contributed by atoms with Crippen LogP contribution in [0.1, 0.15) is 12.5 Å². The van der Waals surface area contributed by atoms with E-state index in [4.69, 9.17) is 12.2 Å². The highest BCUT2D eigenvalue weighted by Crippen LogP contribution is 2.14. The second-order valence-corrected chi connectivity index (χ2v) is 11.6. The number of anilines is 1. The third-order valence-electron chi connectivity index (χ3n) is 4.44. The van der Waals surface area contributed by atoms with E-state index >= 15 is 0 Å². The third-order valence-corrected chi connectivity index (χ3v) is 7.65. The summed E-state index contributed by atoms with van der Waals surface area (Å²) in [4.78, 5) is 25.5. The zero-order valence-electron chi connectivity index (χ0n) is 17.2. The van der Waals surface area contributed by atoms with Crippen LogP contribution in [0.2, 0.25) is 0 Å². The zero-order chi connectivity index (χ0) is 24.0. The zero-order valence-corrected chi connectivity index (χ0v) is 21.8.